The Morgan fingerprint density at radius 1 is 1.20 bits per heavy atom. The molecule has 102 valence electrons. The van der Waals surface area contributed by atoms with E-state index in [0.717, 1.165) is 11.1 Å². The first-order chi connectivity index (χ1) is 9.83. The Morgan fingerprint density at radius 2 is 2.00 bits per heavy atom. The lowest BCUT2D eigenvalue weighted by atomic mass is 10.1. The summed E-state index contributed by atoms with van der Waals surface area (Å²) >= 11 is 0. The predicted molar refractivity (Wildman–Crippen MR) is 75.8 cm³/mol. The van der Waals surface area contributed by atoms with Gasteiger partial charge < -0.3 is 10.1 Å². The van der Waals surface area contributed by atoms with Gasteiger partial charge in [-0.3, -0.25) is 0 Å². The van der Waals surface area contributed by atoms with Crippen molar-refractivity contribution >= 4 is 5.82 Å². The van der Waals surface area contributed by atoms with E-state index < -0.39 is 0 Å². The second-order valence-electron chi connectivity index (χ2n) is 4.16. The van der Waals surface area contributed by atoms with Crippen LogP contribution in [0.4, 0.5) is 5.82 Å². The quantitative estimate of drug-likeness (QED) is 0.871. The molecule has 0 saturated carbocycles. The third-order valence-corrected chi connectivity index (χ3v) is 2.81. The van der Waals surface area contributed by atoms with Crippen molar-refractivity contribution in [2.45, 2.75) is 20.1 Å². The molecule has 0 bridgehead atoms. The zero-order valence-electron chi connectivity index (χ0n) is 11.3. The summed E-state index contributed by atoms with van der Waals surface area (Å²) in [5.41, 5.74) is 2.63. The first-order valence-electron chi connectivity index (χ1n) is 6.44. The van der Waals surface area contributed by atoms with Crippen molar-refractivity contribution < 1.29 is 4.74 Å². The molecule has 0 atom stereocenters. The van der Waals surface area contributed by atoms with Gasteiger partial charge >= 0.3 is 0 Å². The molecule has 0 aliphatic heterocycles. The molecule has 0 radical (unpaired) electrons. The van der Waals surface area contributed by atoms with Crippen LogP contribution in [0.15, 0.2) is 36.7 Å². The number of ether oxygens (including phenoxy) is 1. The number of rotatable bonds is 6. The molecule has 0 spiro atoms. The highest BCUT2D eigenvalue weighted by atomic mass is 16.5. The van der Waals surface area contributed by atoms with Crippen molar-refractivity contribution in [3.63, 3.8) is 0 Å². The van der Waals surface area contributed by atoms with Crippen LogP contribution in [0, 0.1) is 11.3 Å². The number of nitrogens with one attached hydrogen (secondary N) is 1. The molecule has 0 saturated heterocycles. The highest BCUT2D eigenvalue weighted by molar-refractivity contribution is 5.36. The van der Waals surface area contributed by atoms with Gasteiger partial charge in [0.1, 0.15) is 11.9 Å². The molecule has 0 unspecified atom stereocenters. The molecule has 0 amide bonds. The molecular formula is C15H16N4O. The summed E-state index contributed by atoms with van der Waals surface area (Å²) < 4.78 is 5.45. The number of benzene rings is 1. The molecular weight excluding hydrogens is 252 g/mol. The van der Waals surface area contributed by atoms with Crippen LogP contribution >= 0.6 is 0 Å². The molecule has 0 aliphatic rings. The van der Waals surface area contributed by atoms with Crippen LogP contribution in [-0.4, -0.2) is 16.6 Å². The van der Waals surface area contributed by atoms with Crippen molar-refractivity contribution in [2.75, 3.05) is 11.9 Å². The Kier molecular flexibility index (Phi) is 5.04. The molecule has 1 heterocycles. The Labute approximate surface area is 118 Å². The van der Waals surface area contributed by atoms with E-state index >= 15 is 0 Å². The monoisotopic (exact) mass is 268 g/mol. The molecule has 5 nitrogen and oxygen atoms in total. The van der Waals surface area contributed by atoms with Gasteiger partial charge in [0.2, 0.25) is 0 Å². The summed E-state index contributed by atoms with van der Waals surface area (Å²) in [5, 5.41) is 11.9. The smallest absolute Gasteiger partial charge is 0.158 e. The Morgan fingerprint density at radius 3 is 2.65 bits per heavy atom. The van der Waals surface area contributed by atoms with Crippen LogP contribution in [0.2, 0.25) is 0 Å². The van der Waals surface area contributed by atoms with Gasteiger partial charge in [0.15, 0.2) is 5.69 Å². The highest BCUT2D eigenvalue weighted by Gasteiger charge is 2.02. The van der Waals surface area contributed by atoms with E-state index in [-0.39, 0.29) is 0 Å². The van der Waals surface area contributed by atoms with Gasteiger partial charge in [0, 0.05) is 13.2 Å². The summed E-state index contributed by atoms with van der Waals surface area (Å²) in [7, 11) is 0. The fourth-order valence-corrected chi connectivity index (χ4v) is 1.75. The average molecular weight is 268 g/mol. The Hall–Kier alpha value is -2.45. The Bertz CT molecular complexity index is 590. The zero-order chi connectivity index (χ0) is 14.2. The maximum atomic E-state index is 8.67. The van der Waals surface area contributed by atoms with Gasteiger partial charge in [-0.05, 0) is 18.1 Å². The first kappa shape index (κ1) is 14.0. The zero-order valence-corrected chi connectivity index (χ0v) is 11.3. The van der Waals surface area contributed by atoms with Crippen LogP contribution in [-0.2, 0) is 17.9 Å². The summed E-state index contributed by atoms with van der Waals surface area (Å²) in [6.45, 7) is 3.92. The lowest BCUT2D eigenvalue weighted by Gasteiger charge is -2.10. The molecule has 1 N–H and O–H groups in total. The second-order valence-corrected chi connectivity index (χ2v) is 4.16. The normalized spacial score (nSPS) is 10.0. The number of hydrogen-bond donors (Lipinski definition) is 1. The van der Waals surface area contributed by atoms with E-state index in [1.807, 2.05) is 25.1 Å². The lowest BCUT2D eigenvalue weighted by molar-refractivity contribution is 0.133. The van der Waals surface area contributed by atoms with Gasteiger partial charge in [-0.2, -0.15) is 5.26 Å². The first-order valence-corrected chi connectivity index (χ1v) is 6.44. The van der Waals surface area contributed by atoms with Crippen molar-refractivity contribution in [3.05, 3.63) is 53.5 Å². The maximum Gasteiger partial charge on any atom is 0.158 e. The Balaban J connectivity index is 2.01. The van der Waals surface area contributed by atoms with Crippen molar-refractivity contribution in [2.24, 2.45) is 0 Å². The van der Waals surface area contributed by atoms with Gasteiger partial charge in [-0.1, -0.05) is 24.3 Å². The molecule has 2 aromatic rings. The minimum Gasteiger partial charge on any atom is -0.377 e. The van der Waals surface area contributed by atoms with Crippen LogP contribution in [0.5, 0.6) is 0 Å². The summed E-state index contributed by atoms with van der Waals surface area (Å²) in [5.74, 6) is 0.648. The number of aromatic nitrogens is 2. The van der Waals surface area contributed by atoms with Crippen LogP contribution in [0.3, 0.4) is 0 Å². The standard InChI is InChI=1S/C15H16N4O/c1-2-20-11-13-6-4-3-5-12(13)8-18-15-10-17-14(7-16)9-19-15/h3-6,9-10H,2,8,11H2,1H3,(H,18,19). The fourth-order valence-electron chi connectivity index (χ4n) is 1.75. The minimum atomic E-state index is 0.312. The topological polar surface area (TPSA) is 70.8 Å². The van der Waals surface area contributed by atoms with Gasteiger partial charge in [0.25, 0.3) is 0 Å². The van der Waals surface area contributed by atoms with E-state index in [1.165, 1.54) is 6.20 Å². The van der Waals surface area contributed by atoms with E-state index in [1.54, 1.807) is 6.20 Å². The van der Waals surface area contributed by atoms with Gasteiger partial charge in [-0.15, -0.1) is 0 Å². The SMILES string of the molecule is CCOCc1ccccc1CNc1cnc(C#N)cn1. The molecule has 2 rings (SSSR count). The van der Waals surface area contributed by atoms with Crippen LogP contribution < -0.4 is 5.32 Å². The van der Waals surface area contributed by atoms with Gasteiger partial charge in [0.05, 0.1) is 19.0 Å². The second kappa shape index (κ2) is 7.22. The van der Waals surface area contributed by atoms with Crippen molar-refractivity contribution in [1.82, 2.24) is 9.97 Å². The summed E-state index contributed by atoms with van der Waals surface area (Å²) in [4.78, 5) is 8.10. The van der Waals surface area contributed by atoms with Crippen LogP contribution in [0.25, 0.3) is 0 Å². The number of hydrogen-bond acceptors (Lipinski definition) is 5. The molecule has 1 aromatic carbocycles. The third-order valence-electron chi connectivity index (χ3n) is 2.81. The molecule has 0 fully saturated rings. The molecule has 5 heteroatoms. The molecule has 0 aliphatic carbocycles. The lowest BCUT2D eigenvalue weighted by Crippen LogP contribution is -2.05. The third kappa shape index (κ3) is 3.77. The van der Waals surface area contributed by atoms with E-state index in [2.05, 4.69) is 27.4 Å². The number of anilines is 1. The van der Waals surface area contributed by atoms with Crippen molar-refractivity contribution in [1.29, 1.82) is 5.26 Å². The van der Waals surface area contributed by atoms with Gasteiger partial charge in [-0.25, -0.2) is 9.97 Å². The summed E-state index contributed by atoms with van der Waals surface area (Å²) in [6.07, 6.45) is 3.01. The predicted octanol–water partition coefficient (Wildman–Crippen LogP) is 2.50. The van der Waals surface area contributed by atoms with E-state index in [4.69, 9.17) is 10.00 Å². The van der Waals surface area contributed by atoms with E-state index in [9.17, 15) is 0 Å². The minimum absolute atomic E-state index is 0.312. The number of nitrogens with zero attached hydrogens (tertiary/aromatic N) is 3. The summed E-state index contributed by atoms with van der Waals surface area (Å²) in [6, 6.07) is 10.0. The van der Waals surface area contributed by atoms with Crippen LogP contribution in [0.1, 0.15) is 23.7 Å². The molecule has 20 heavy (non-hydrogen) atoms. The largest absolute Gasteiger partial charge is 0.377 e. The molecule has 1 aromatic heterocycles. The highest BCUT2D eigenvalue weighted by Crippen LogP contribution is 2.12. The average Bonchev–Trinajstić information content (AvgIpc) is 2.52. The number of nitriles is 1. The maximum absolute atomic E-state index is 8.67. The van der Waals surface area contributed by atoms with Crippen molar-refractivity contribution in [3.8, 4) is 6.07 Å². The fraction of sp³-hybridized carbons (Fsp3) is 0.267. The van der Waals surface area contributed by atoms with E-state index in [0.29, 0.717) is 31.3 Å².